The Bertz CT molecular complexity index is 1300. The molecule has 0 saturated carbocycles. The van der Waals surface area contributed by atoms with Crippen LogP contribution in [0.15, 0.2) is 71.7 Å². The molecular weight excluding hydrogens is 376 g/mol. The molecule has 3 aromatic carbocycles. The summed E-state index contributed by atoms with van der Waals surface area (Å²) >= 11 is 1.50. The molecule has 0 aliphatic heterocycles. The summed E-state index contributed by atoms with van der Waals surface area (Å²) in [6, 6.07) is 21.8. The molecule has 0 fully saturated rings. The van der Waals surface area contributed by atoms with E-state index in [2.05, 4.69) is 36.9 Å². The van der Waals surface area contributed by atoms with Crippen molar-refractivity contribution >= 4 is 27.5 Å². The van der Waals surface area contributed by atoms with Crippen LogP contribution in [0.1, 0.15) is 21.5 Å². The standard InChI is InChI=1S/C25H20N2OS/c1-4-14-27-22-16-17(2)15-18(3)23(22)29-25(27)26-24(28)21-12-10-20(11-13-21)19-8-6-5-7-9-19/h1,5-13,15-16H,14H2,2-3H3. The van der Waals surface area contributed by atoms with Gasteiger partial charge in [-0.25, -0.2) is 0 Å². The van der Waals surface area contributed by atoms with Gasteiger partial charge in [-0.1, -0.05) is 65.8 Å². The minimum atomic E-state index is -0.267. The van der Waals surface area contributed by atoms with Gasteiger partial charge in [0.2, 0.25) is 0 Å². The van der Waals surface area contributed by atoms with Crippen molar-refractivity contribution < 1.29 is 4.79 Å². The van der Waals surface area contributed by atoms with Crippen molar-refractivity contribution in [2.45, 2.75) is 20.4 Å². The van der Waals surface area contributed by atoms with Gasteiger partial charge in [-0.05, 0) is 54.3 Å². The van der Waals surface area contributed by atoms with Gasteiger partial charge >= 0.3 is 0 Å². The lowest BCUT2D eigenvalue weighted by atomic mass is 10.0. The van der Waals surface area contributed by atoms with Gasteiger partial charge in [0, 0.05) is 5.56 Å². The first kappa shape index (κ1) is 18.9. The van der Waals surface area contributed by atoms with Crippen LogP contribution in [0.2, 0.25) is 0 Å². The third-order valence-electron chi connectivity index (χ3n) is 4.80. The molecule has 1 amide bonds. The van der Waals surface area contributed by atoms with Gasteiger partial charge in [-0.3, -0.25) is 4.79 Å². The zero-order chi connectivity index (χ0) is 20.4. The van der Waals surface area contributed by atoms with Crippen molar-refractivity contribution in [1.82, 2.24) is 4.57 Å². The first-order valence-electron chi connectivity index (χ1n) is 9.35. The van der Waals surface area contributed by atoms with E-state index in [0.717, 1.165) is 32.5 Å². The van der Waals surface area contributed by atoms with Crippen molar-refractivity contribution in [1.29, 1.82) is 0 Å². The van der Waals surface area contributed by atoms with Crippen molar-refractivity contribution in [3.8, 4) is 23.5 Å². The Balaban J connectivity index is 1.75. The number of thiazole rings is 1. The summed E-state index contributed by atoms with van der Waals surface area (Å²) in [4.78, 5) is 17.9. The molecule has 0 atom stereocenters. The highest BCUT2D eigenvalue weighted by Gasteiger charge is 2.11. The average molecular weight is 397 g/mol. The fourth-order valence-corrected chi connectivity index (χ4v) is 4.51. The summed E-state index contributed by atoms with van der Waals surface area (Å²) in [6.07, 6.45) is 5.58. The quantitative estimate of drug-likeness (QED) is 0.429. The van der Waals surface area contributed by atoms with E-state index in [0.29, 0.717) is 16.9 Å². The van der Waals surface area contributed by atoms with E-state index in [1.807, 2.05) is 59.2 Å². The number of aryl methyl sites for hydroxylation is 2. The minimum absolute atomic E-state index is 0.267. The van der Waals surface area contributed by atoms with Crippen LogP contribution in [-0.4, -0.2) is 10.5 Å². The molecule has 0 N–H and O–H groups in total. The molecule has 4 aromatic rings. The number of benzene rings is 3. The zero-order valence-corrected chi connectivity index (χ0v) is 17.2. The summed E-state index contributed by atoms with van der Waals surface area (Å²) in [5.74, 6) is 2.41. The van der Waals surface area contributed by atoms with Crippen LogP contribution in [-0.2, 0) is 6.54 Å². The maximum atomic E-state index is 12.8. The second-order valence-electron chi connectivity index (χ2n) is 6.97. The van der Waals surface area contributed by atoms with Gasteiger partial charge in [0.15, 0.2) is 4.80 Å². The number of hydrogen-bond donors (Lipinski definition) is 0. The van der Waals surface area contributed by atoms with E-state index in [1.165, 1.54) is 11.3 Å². The third-order valence-corrected chi connectivity index (χ3v) is 6.03. The fourth-order valence-electron chi connectivity index (χ4n) is 3.43. The van der Waals surface area contributed by atoms with E-state index in [9.17, 15) is 4.79 Å². The number of amides is 1. The molecule has 0 spiro atoms. The Morgan fingerprint density at radius 1 is 1.03 bits per heavy atom. The smallest absolute Gasteiger partial charge is 0.279 e. The van der Waals surface area contributed by atoms with Crippen LogP contribution < -0.4 is 4.80 Å². The van der Waals surface area contributed by atoms with Gasteiger partial charge in [-0.15, -0.1) is 6.42 Å². The van der Waals surface area contributed by atoms with Crippen LogP contribution in [0.25, 0.3) is 21.3 Å². The number of carbonyl (C=O) groups excluding carboxylic acids is 1. The van der Waals surface area contributed by atoms with E-state index in [4.69, 9.17) is 6.42 Å². The van der Waals surface area contributed by atoms with Crippen LogP contribution in [0.3, 0.4) is 0 Å². The molecule has 142 valence electrons. The maximum absolute atomic E-state index is 12.8. The Morgan fingerprint density at radius 2 is 1.72 bits per heavy atom. The molecule has 29 heavy (non-hydrogen) atoms. The van der Waals surface area contributed by atoms with Gasteiger partial charge in [0.25, 0.3) is 5.91 Å². The Kier molecular flexibility index (Phi) is 5.16. The Hall–Kier alpha value is -3.42. The first-order chi connectivity index (χ1) is 14.1. The lowest BCUT2D eigenvalue weighted by Gasteiger charge is -2.03. The van der Waals surface area contributed by atoms with Crippen molar-refractivity contribution in [2.24, 2.45) is 4.99 Å². The minimum Gasteiger partial charge on any atom is -0.305 e. The number of aromatic nitrogens is 1. The molecule has 0 radical (unpaired) electrons. The molecule has 1 aromatic heterocycles. The molecule has 0 bridgehead atoms. The highest BCUT2D eigenvalue weighted by molar-refractivity contribution is 7.16. The normalized spacial score (nSPS) is 11.6. The number of carbonyl (C=O) groups is 1. The van der Waals surface area contributed by atoms with Crippen molar-refractivity contribution in [3.05, 3.63) is 88.2 Å². The predicted molar refractivity (Wildman–Crippen MR) is 120 cm³/mol. The van der Waals surface area contributed by atoms with Crippen LogP contribution in [0.4, 0.5) is 0 Å². The van der Waals surface area contributed by atoms with E-state index < -0.39 is 0 Å². The molecule has 4 rings (SSSR count). The second-order valence-corrected chi connectivity index (χ2v) is 7.94. The summed E-state index contributed by atoms with van der Waals surface area (Å²) in [7, 11) is 0. The molecule has 0 aliphatic rings. The second kappa shape index (κ2) is 7.90. The summed E-state index contributed by atoms with van der Waals surface area (Å²) in [6.45, 7) is 4.50. The summed E-state index contributed by atoms with van der Waals surface area (Å²) < 4.78 is 3.05. The molecule has 4 heteroatoms. The lowest BCUT2D eigenvalue weighted by molar-refractivity contribution is 0.0998. The number of fused-ring (bicyclic) bond motifs is 1. The lowest BCUT2D eigenvalue weighted by Crippen LogP contribution is -2.16. The van der Waals surface area contributed by atoms with Gasteiger partial charge in [-0.2, -0.15) is 4.99 Å². The van der Waals surface area contributed by atoms with E-state index in [1.54, 1.807) is 0 Å². The number of hydrogen-bond acceptors (Lipinski definition) is 2. The highest BCUT2D eigenvalue weighted by Crippen LogP contribution is 2.24. The summed E-state index contributed by atoms with van der Waals surface area (Å²) in [5, 5.41) is 0. The van der Waals surface area contributed by atoms with Crippen LogP contribution in [0, 0.1) is 26.2 Å². The third kappa shape index (κ3) is 3.78. The van der Waals surface area contributed by atoms with Crippen LogP contribution >= 0.6 is 11.3 Å². The molecule has 0 aliphatic carbocycles. The monoisotopic (exact) mass is 396 g/mol. The van der Waals surface area contributed by atoms with Gasteiger partial charge < -0.3 is 4.57 Å². The largest absolute Gasteiger partial charge is 0.305 e. The highest BCUT2D eigenvalue weighted by atomic mass is 32.1. The predicted octanol–water partition coefficient (Wildman–Crippen LogP) is 5.36. The SMILES string of the molecule is C#CCn1c(=NC(=O)c2ccc(-c3ccccc3)cc2)sc2c(C)cc(C)cc21. The van der Waals surface area contributed by atoms with Gasteiger partial charge in [0.1, 0.15) is 0 Å². The average Bonchev–Trinajstić information content (AvgIpc) is 3.06. The number of rotatable bonds is 3. The van der Waals surface area contributed by atoms with E-state index in [-0.39, 0.29) is 5.91 Å². The van der Waals surface area contributed by atoms with Gasteiger partial charge in [0.05, 0.1) is 16.8 Å². The summed E-state index contributed by atoms with van der Waals surface area (Å²) in [5.41, 5.74) is 6.09. The molecule has 0 unspecified atom stereocenters. The molecule has 1 heterocycles. The number of nitrogens with zero attached hydrogens (tertiary/aromatic N) is 2. The van der Waals surface area contributed by atoms with Crippen molar-refractivity contribution in [3.63, 3.8) is 0 Å². The zero-order valence-electron chi connectivity index (χ0n) is 16.3. The first-order valence-corrected chi connectivity index (χ1v) is 10.2. The maximum Gasteiger partial charge on any atom is 0.279 e. The van der Waals surface area contributed by atoms with Crippen molar-refractivity contribution in [2.75, 3.05) is 0 Å². The fraction of sp³-hybridized carbons (Fsp3) is 0.120. The molecule has 3 nitrogen and oxygen atoms in total. The molecule has 0 saturated heterocycles. The Morgan fingerprint density at radius 3 is 2.41 bits per heavy atom. The Labute approximate surface area is 174 Å². The molecular formula is C25H20N2OS. The van der Waals surface area contributed by atoms with Crippen LogP contribution in [0.5, 0.6) is 0 Å². The number of terminal acetylenes is 1. The van der Waals surface area contributed by atoms with E-state index >= 15 is 0 Å². The topological polar surface area (TPSA) is 34.4 Å².